The van der Waals surface area contributed by atoms with Crippen LogP contribution in [-0.4, -0.2) is 33.0 Å². The Morgan fingerprint density at radius 1 is 1.03 bits per heavy atom. The highest BCUT2D eigenvalue weighted by atomic mass is 35.5. The Morgan fingerprint density at radius 2 is 1.79 bits per heavy atom. The van der Waals surface area contributed by atoms with Crippen LogP contribution in [0.1, 0.15) is 16.1 Å². The molecule has 1 amide bonds. The van der Waals surface area contributed by atoms with Crippen LogP contribution in [0.3, 0.4) is 0 Å². The van der Waals surface area contributed by atoms with Crippen molar-refractivity contribution in [3.8, 4) is 16.9 Å². The van der Waals surface area contributed by atoms with Gasteiger partial charge in [0, 0.05) is 35.3 Å². The Kier molecular flexibility index (Phi) is 5.31. The first kappa shape index (κ1) is 19.5. The summed E-state index contributed by atoms with van der Waals surface area (Å²) in [6.07, 6.45) is 4.65. The van der Waals surface area contributed by atoms with Crippen LogP contribution in [0.25, 0.3) is 21.3 Å². The highest BCUT2D eigenvalue weighted by Crippen LogP contribution is 2.34. The quantitative estimate of drug-likeness (QED) is 0.443. The molecule has 4 aromatic heterocycles. The summed E-state index contributed by atoms with van der Waals surface area (Å²) in [5.74, 6) is 0.135. The molecule has 0 saturated carbocycles. The Morgan fingerprint density at radius 3 is 2.59 bits per heavy atom. The van der Waals surface area contributed by atoms with Gasteiger partial charge in [-0.2, -0.15) is 0 Å². The lowest BCUT2D eigenvalue weighted by Gasteiger charge is -2.13. The highest BCUT2D eigenvalue weighted by Gasteiger charge is 2.19. The molecule has 0 spiro atoms. The molecule has 0 unspecified atom stereocenters. The van der Waals surface area contributed by atoms with E-state index in [9.17, 15) is 4.79 Å². The van der Waals surface area contributed by atoms with Gasteiger partial charge < -0.3 is 4.74 Å². The van der Waals surface area contributed by atoms with E-state index in [0.29, 0.717) is 38.2 Å². The second-order valence-corrected chi connectivity index (χ2v) is 7.83. The zero-order chi connectivity index (χ0) is 20.5. The van der Waals surface area contributed by atoms with E-state index in [-0.39, 0.29) is 11.1 Å². The van der Waals surface area contributed by atoms with Crippen molar-refractivity contribution in [3.63, 3.8) is 0 Å². The minimum absolute atomic E-state index is 0.289. The van der Waals surface area contributed by atoms with Crippen LogP contribution < -0.4 is 10.1 Å². The molecule has 0 fully saturated rings. The maximum Gasteiger partial charge on any atom is 0.259 e. The number of amides is 1. The number of methoxy groups -OCH3 is 1. The van der Waals surface area contributed by atoms with Crippen molar-refractivity contribution in [2.24, 2.45) is 0 Å². The number of pyridine rings is 3. The first-order valence-corrected chi connectivity index (χ1v) is 9.92. The van der Waals surface area contributed by atoms with Gasteiger partial charge in [-0.3, -0.25) is 15.1 Å². The van der Waals surface area contributed by atoms with E-state index in [4.69, 9.17) is 27.9 Å². The topological polar surface area (TPSA) is 89.9 Å². The molecular formula is C19H13Cl2N5O2S. The fraction of sp³-hybridized carbons (Fsp3) is 0.105. The van der Waals surface area contributed by atoms with Gasteiger partial charge in [-0.05, 0) is 19.1 Å². The van der Waals surface area contributed by atoms with Crippen molar-refractivity contribution >= 4 is 55.8 Å². The number of aromatic nitrogens is 4. The Bertz CT molecular complexity index is 1240. The minimum atomic E-state index is -0.361. The lowest BCUT2D eigenvalue weighted by atomic mass is 10.0. The first-order valence-electron chi connectivity index (χ1n) is 8.34. The van der Waals surface area contributed by atoms with Crippen molar-refractivity contribution in [1.82, 2.24) is 19.9 Å². The summed E-state index contributed by atoms with van der Waals surface area (Å²) in [6, 6.07) is 5.09. The van der Waals surface area contributed by atoms with Crippen LogP contribution in [0.4, 0.5) is 5.13 Å². The third-order valence-corrected chi connectivity index (χ3v) is 5.43. The molecular weight excluding hydrogens is 433 g/mol. The van der Waals surface area contributed by atoms with Crippen molar-refractivity contribution in [2.75, 3.05) is 12.4 Å². The zero-order valence-electron chi connectivity index (χ0n) is 15.2. The highest BCUT2D eigenvalue weighted by molar-refractivity contribution is 7.22. The van der Waals surface area contributed by atoms with E-state index in [1.165, 1.54) is 30.8 Å². The number of carbonyl (C=O) groups is 1. The maximum atomic E-state index is 13.0. The summed E-state index contributed by atoms with van der Waals surface area (Å²) >= 11 is 13.3. The van der Waals surface area contributed by atoms with E-state index in [2.05, 4.69) is 25.3 Å². The first-order chi connectivity index (χ1) is 13.9. The number of thiazole rings is 1. The Hall–Kier alpha value is -2.81. The van der Waals surface area contributed by atoms with Crippen molar-refractivity contribution in [2.45, 2.75) is 6.92 Å². The molecule has 1 N–H and O–H groups in total. The number of ether oxygens (including phenoxy) is 1. The largest absolute Gasteiger partial charge is 0.494 e. The van der Waals surface area contributed by atoms with Crippen LogP contribution in [0.15, 0.2) is 36.8 Å². The van der Waals surface area contributed by atoms with Gasteiger partial charge in [0.15, 0.2) is 5.13 Å². The second-order valence-electron chi connectivity index (χ2n) is 6.03. The van der Waals surface area contributed by atoms with Crippen LogP contribution in [0.5, 0.6) is 5.75 Å². The number of halogens is 2. The Balaban J connectivity index is 1.75. The molecule has 0 aliphatic rings. The number of hydrogen-bond acceptors (Lipinski definition) is 7. The molecule has 29 heavy (non-hydrogen) atoms. The molecule has 146 valence electrons. The minimum Gasteiger partial charge on any atom is -0.494 e. The predicted molar refractivity (Wildman–Crippen MR) is 114 cm³/mol. The van der Waals surface area contributed by atoms with Crippen molar-refractivity contribution in [1.29, 1.82) is 0 Å². The normalized spacial score (nSPS) is 10.9. The number of fused-ring (bicyclic) bond motifs is 1. The molecule has 0 aliphatic heterocycles. The van der Waals surface area contributed by atoms with Gasteiger partial charge in [-0.15, -0.1) is 0 Å². The number of hydrogen-bond donors (Lipinski definition) is 1. The zero-order valence-corrected chi connectivity index (χ0v) is 17.6. The smallest absolute Gasteiger partial charge is 0.259 e. The van der Waals surface area contributed by atoms with Gasteiger partial charge in [0.05, 0.1) is 29.1 Å². The molecule has 4 rings (SSSR count). The molecule has 10 heteroatoms. The average molecular weight is 446 g/mol. The fourth-order valence-corrected chi connectivity index (χ4v) is 3.90. The summed E-state index contributed by atoms with van der Waals surface area (Å²) in [4.78, 5) is 29.8. The summed E-state index contributed by atoms with van der Waals surface area (Å²) in [6.45, 7) is 1.84. The molecule has 7 nitrogen and oxygen atoms in total. The third-order valence-electron chi connectivity index (χ3n) is 4.09. The second kappa shape index (κ2) is 7.90. The van der Waals surface area contributed by atoms with Gasteiger partial charge in [0.25, 0.3) is 5.91 Å². The van der Waals surface area contributed by atoms with Gasteiger partial charge in [-0.1, -0.05) is 34.5 Å². The maximum absolute atomic E-state index is 13.0. The summed E-state index contributed by atoms with van der Waals surface area (Å²) in [5, 5.41) is 3.88. The third kappa shape index (κ3) is 4.00. The average Bonchev–Trinajstić information content (AvgIpc) is 3.09. The summed E-state index contributed by atoms with van der Waals surface area (Å²) < 4.78 is 6.21. The van der Waals surface area contributed by atoms with Crippen LogP contribution in [0, 0.1) is 6.92 Å². The van der Waals surface area contributed by atoms with Gasteiger partial charge in [0.2, 0.25) is 0 Å². The Labute approximate surface area is 179 Å². The lowest BCUT2D eigenvalue weighted by Crippen LogP contribution is -2.14. The van der Waals surface area contributed by atoms with Gasteiger partial charge >= 0.3 is 0 Å². The molecule has 0 saturated heterocycles. The fourth-order valence-electron chi connectivity index (χ4n) is 2.78. The van der Waals surface area contributed by atoms with E-state index in [1.807, 2.05) is 6.92 Å². The van der Waals surface area contributed by atoms with Crippen LogP contribution in [-0.2, 0) is 0 Å². The number of nitrogens with zero attached hydrogens (tertiary/aromatic N) is 4. The number of aryl methyl sites for hydroxylation is 1. The van der Waals surface area contributed by atoms with Crippen LogP contribution in [0.2, 0.25) is 10.3 Å². The summed E-state index contributed by atoms with van der Waals surface area (Å²) in [7, 11) is 1.53. The van der Waals surface area contributed by atoms with Crippen molar-refractivity contribution < 1.29 is 9.53 Å². The van der Waals surface area contributed by atoms with E-state index >= 15 is 0 Å². The number of carbonyl (C=O) groups excluding carboxylic acids is 1. The van der Waals surface area contributed by atoms with E-state index in [1.54, 1.807) is 24.4 Å². The molecule has 0 aromatic carbocycles. The molecule has 0 radical (unpaired) electrons. The number of rotatable bonds is 4. The van der Waals surface area contributed by atoms with Gasteiger partial charge in [-0.25, -0.2) is 15.0 Å². The summed E-state index contributed by atoms with van der Waals surface area (Å²) in [5.41, 5.74) is 3.03. The lowest BCUT2D eigenvalue weighted by molar-refractivity contribution is 0.102. The monoisotopic (exact) mass is 445 g/mol. The number of nitrogens with one attached hydrogen (secondary N) is 1. The molecule has 0 atom stereocenters. The molecule has 0 aliphatic carbocycles. The van der Waals surface area contributed by atoms with Crippen LogP contribution >= 0.6 is 34.5 Å². The molecule has 4 heterocycles. The van der Waals surface area contributed by atoms with E-state index < -0.39 is 0 Å². The van der Waals surface area contributed by atoms with Gasteiger partial charge in [0.1, 0.15) is 16.1 Å². The van der Waals surface area contributed by atoms with E-state index in [0.717, 1.165) is 10.4 Å². The predicted octanol–water partition coefficient (Wildman–Crippen LogP) is 5.02. The number of anilines is 1. The SMILES string of the molecule is COc1cnc(Cl)cc1-c1cc(C)ncc1C(=O)Nc1nc2cc(Cl)ncc2s1. The molecule has 0 bridgehead atoms. The standard InChI is InChI=1S/C19H13Cl2N5O2S/c1-9-3-10(11-4-16(20)23-7-14(11)28-2)12(6-22-9)18(27)26-19-25-13-5-17(21)24-8-15(13)29-19/h3-8H,1-2H3,(H,25,26,27). The molecule has 4 aromatic rings. The van der Waals surface area contributed by atoms with Crippen molar-refractivity contribution in [3.05, 3.63) is 58.4 Å².